The number of hydrogen-bond donors (Lipinski definition) is 0. The minimum Gasteiger partial charge on any atom is -0.462 e. The van der Waals surface area contributed by atoms with Crippen LogP contribution in [0.5, 0.6) is 0 Å². The Labute approximate surface area is 368 Å². The third-order valence-corrected chi connectivity index (χ3v) is 12.1. The summed E-state index contributed by atoms with van der Waals surface area (Å²) >= 11 is 0. The quantitative estimate of drug-likeness (QED) is 0.0345. The number of carbonyl (C=O) groups is 3. The van der Waals surface area contributed by atoms with Crippen LogP contribution in [0.15, 0.2) is 0 Å². The normalized spacial score (nSPS) is 11.8. The molecular formula is C53H102O6. The minimum absolute atomic E-state index is 0.0616. The van der Waals surface area contributed by atoms with E-state index in [2.05, 4.69) is 20.8 Å². The van der Waals surface area contributed by atoms with Gasteiger partial charge in [0.2, 0.25) is 0 Å². The first-order chi connectivity index (χ1) is 29.0. The van der Waals surface area contributed by atoms with Crippen molar-refractivity contribution >= 4 is 17.9 Å². The molecule has 1 unspecified atom stereocenters. The molecule has 0 N–H and O–H groups in total. The molecule has 0 saturated carbocycles. The highest BCUT2D eigenvalue weighted by molar-refractivity contribution is 5.71. The fourth-order valence-corrected chi connectivity index (χ4v) is 8.09. The molecule has 1 atom stereocenters. The first-order valence-electron chi connectivity index (χ1n) is 26.5. The first kappa shape index (κ1) is 57.4. The molecular weight excluding hydrogens is 733 g/mol. The summed E-state index contributed by atoms with van der Waals surface area (Å²) in [5, 5.41) is 0. The Morgan fingerprint density at radius 2 is 0.458 bits per heavy atom. The zero-order valence-corrected chi connectivity index (χ0v) is 40.1. The van der Waals surface area contributed by atoms with Gasteiger partial charge in [-0.15, -0.1) is 0 Å². The van der Waals surface area contributed by atoms with Gasteiger partial charge < -0.3 is 14.2 Å². The van der Waals surface area contributed by atoms with E-state index in [9.17, 15) is 14.4 Å². The number of hydrogen-bond acceptors (Lipinski definition) is 6. The smallest absolute Gasteiger partial charge is 0.306 e. The fraction of sp³-hybridized carbons (Fsp3) is 0.943. The summed E-state index contributed by atoms with van der Waals surface area (Å²) in [5.74, 6) is -0.838. The molecule has 0 aromatic rings. The maximum absolute atomic E-state index is 12.8. The number of ether oxygens (including phenoxy) is 3. The molecule has 0 rings (SSSR count). The molecule has 0 radical (unpaired) electrons. The van der Waals surface area contributed by atoms with Gasteiger partial charge >= 0.3 is 17.9 Å². The van der Waals surface area contributed by atoms with Gasteiger partial charge in [-0.2, -0.15) is 0 Å². The maximum Gasteiger partial charge on any atom is 0.306 e. The molecule has 0 bridgehead atoms. The maximum atomic E-state index is 12.8. The highest BCUT2D eigenvalue weighted by Gasteiger charge is 2.19. The Balaban J connectivity index is 4.31. The van der Waals surface area contributed by atoms with E-state index in [4.69, 9.17) is 14.2 Å². The highest BCUT2D eigenvalue weighted by Crippen LogP contribution is 2.17. The van der Waals surface area contributed by atoms with Crippen molar-refractivity contribution in [1.82, 2.24) is 0 Å². The van der Waals surface area contributed by atoms with Gasteiger partial charge in [-0.05, 0) is 19.3 Å². The van der Waals surface area contributed by atoms with Gasteiger partial charge in [0.05, 0.1) is 0 Å². The van der Waals surface area contributed by atoms with Crippen LogP contribution in [0.2, 0.25) is 0 Å². The van der Waals surface area contributed by atoms with Crippen LogP contribution in [0.4, 0.5) is 0 Å². The largest absolute Gasteiger partial charge is 0.462 e. The second-order valence-electron chi connectivity index (χ2n) is 18.2. The second kappa shape index (κ2) is 49.1. The van der Waals surface area contributed by atoms with Crippen molar-refractivity contribution in [1.29, 1.82) is 0 Å². The fourth-order valence-electron chi connectivity index (χ4n) is 8.09. The Morgan fingerprint density at radius 1 is 0.271 bits per heavy atom. The van der Waals surface area contributed by atoms with Crippen LogP contribution in [-0.2, 0) is 28.6 Å². The van der Waals surface area contributed by atoms with Gasteiger partial charge in [-0.25, -0.2) is 0 Å². The molecule has 0 aromatic heterocycles. The molecule has 0 heterocycles. The molecule has 0 amide bonds. The first-order valence-corrected chi connectivity index (χ1v) is 26.5. The zero-order valence-electron chi connectivity index (χ0n) is 40.1. The van der Waals surface area contributed by atoms with Crippen LogP contribution in [0.3, 0.4) is 0 Å². The molecule has 0 aromatic carbocycles. The lowest BCUT2D eigenvalue weighted by Crippen LogP contribution is -2.30. The van der Waals surface area contributed by atoms with E-state index in [1.54, 1.807) is 0 Å². The number of rotatable bonds is 49. The molecule has 0 fully saturated rings. The second-order valence-corrected chi connectivity index (χ2v) is 18.2. The third kappa shape index (κ3) is 47.3. The number of carbonyl (C=O) groups excluding carboxylic acids is 3. The van der Waals surface area contributed by atoms with Crippen LogP contribution in [0.1, 0.15) is 303 Å². The van der Waals surface area contributed by atoms with Crippen molar-refractivity contribution in [2.24, 2.45) is 0 Å². The van der Waals surface area contributed by atoms with Crippen molar-refractivity contribution in [3.05, 3.63) is 0 Å². The van der Waals surface area contributed by atoms with E-state index >= 15 is 0 Å². The number of unbranched alkanes of at least 4 members (excludes halogenated alkanes) is 38. The highest BCUT2D eigenvalue weighted by atomic mass is 16.6. The van der Waals surface area contributed by atoms with Gasteiger partial charge in [0.15, 0.2) is 6.10 Å². The number of esters is 3. The summed E-state index contributed by atoms with van der Waals surface area (Å²) < 4.78 is 16.8. The average molecular weight is 835 g/mol. The van der Waals surface area contributed by atoms with E-state index < -0.39 is 6.10 Å². The van der Waals surface area contributed by atoms with Crippen LogP contribution in [0, 0.1) is 0 Å². The topological polar surface area (TPSA) is 78.9 Å². The van der Waals surface area contributed by atoms with Crippen LogP contribution in [-0.4, -0.2) is 37.2 Å². The summed E-state index contributed by atoms with van der Waals surface area (Å²) in [6, 6.07) is 0. The summed E-state index contributed by atoms with van der Waals surface area (Å²) in [6.07, 6.45) is 52.2. The molecule has 59 heavy (non-hydrogen) atoms. The Bertz CT molecular complexity index is 874. The average Bonchev–Trinajstić information content (AvgIpc) is 3.23. The van der Waals surface area contributed by atoms with Crippen molar-refractivity contribution < 1.29 is 28.6 Å². The van der Waals surface area contributed by atoms with Gasteiger partial charge in [0.1, 0.15) is 13.2 Å². The van der Waals surface area contributed by atoms with Gasteiger partial charge in [-0.1, -0.05) is 265 Å². The molecule has 350 valence electrons. The van der Waals surface area contributed by atoms with Crippen molar-refractivity contribution in [3.8, 4) is 0 Å². The third-order valence-electron chi connectivity index (χ3n) is 12.1. The molecule has 0 saturated heterocycles. The SMILES string of the molecule is CCCCCCCCCCCCCCCCC(=O)OCC(COC(=O)CCCCCCCCCCCCCCC)OC(=O)CCCCCCCCCCCCCCCC. The van der Waals surface area contributed by atoms with Crippen molar-refractivity contribution in [3.63, 3.8) is 0 Å². The minimum atomic E-state index is -0.759. The van der Waals surface area contributed by atoms with E-state index in [-0.39, 0.29) is 31.1 Å². The molecule has 6 nitrogen and oxygen atoms in total. The van der Waals surface area contributed by atoms with Crippen molar-refractivity contribution in [2.75, 3.05) is 13.2 Å². The summed E-state index contributed by atoms with van der Waals surface area (Å²) in [7, 11) is 0. The van der Waals surface area contributed by atoms with E-state index in [0.717, 1.165) is 57.8 Å². The van der Waals surface area contributed by atoms with Gasteiger partial charge in [-0.3, -0.25) is 14.4 Å². The summed E-state index contributed by atoms with van der Waals surface area (Å²) in [5.41, 5.74) is 0. The standard InChI is InChI=1S/C53H102O6/c1-4-7-10-13-16-19-22-25-28-31-34-37-40-43-46-52(55)58-49-50(48-57-51(54)45-42-39-36-33-30-27-24-21-18-15-12-9-6-3)59-53(56)47-44-41-38-35-32-29-26-23-20-17-14-11-8-5-2/h50H,4-49H2,1-3H3. The molecule has 0 aliphatic carbocycles. The Morgan fingerprint density at radius 3 is 0.678 bits per heavy atom. The van der Waals surface area contributed by atoms with E-state index in [0.29, 0.717) is 19.3 Å². The lowest BCUT2D eigenvalue weighted by molar-refractivity contribution is -0.167. The predicted octanol–water partition coefficient (Wildman–Crippen LogP) is 17.2. The Kier molecular flexibility index (Phi) is 47.7. The van der Waals surface area contributed by atoms with Crippen LogP contribution >= 0.6 is 0 Å². The molecule has 0 spiro atoms. The van der Waals surface area contributed by atoms with Crippen LogP contribution < -0.4 is 0 Å². The summed E-state index contributed by atoms with van der Waals surface area (Å²) in [4.78, 5) is 38.0. The zero-order chi connectivity index (χ0) is 43.0. The van der Waals surface area contributed by atoms with E-state index in [1.165, 1.54) is 205 Å². The lowest BCUT2D eigenvalue weighted by atomic mass is 10.0. The Hall–Kier alpha value is -1.59. The predicted molar refractivity (Wildman–Crippen MR) is 252 cm³/mol. The summed E-state index contributed by atoms with van der Waals surface area (Å²) in [6.45, 7) is 6.69. The molecule has 0 aliphatic heterocycles. The van der Waals surface area contributed by atoms with E-state index in [1.807, 2.05) is 0 Å². The van der Waals surface area contributed by atoms with Gasteiger partial charge in [0, 0.05) is 19.3 Å². The van der Waals surface area contributed by atoms with Crippen molar-refractivity contribution in [2.45, 2.75) is 309 Å². The lowest BCUT2D eigenvalue weighted by Gasteiger charge is -2.18. The van der Waals surface area contributed by atoms with Crippen LogP contribution in [0.25, 0.3) is 0 Å². The molecule has 0 aliphatic rings. The molecule has 6 heteroatoms. The monoisotopic (exact) mass is 835 g/mol. The van der Waals surface area contributed by atoms with Gasteiger partial charge in [0.25, 0.3) is 0 Å².